The van der Waals surface area contributed by atoms with Crippen LogP contribution in [0.2, 0.25) is 0 Å². The van der Waals surface area contributed by atoms with E-state index in [9.17, 15) is 4.39 Å². The predicted octanol–water partition coefficient (Wildman–Crippen LogP) is 1.86. The number of aryl methyl sites for hydroxylation is 1. The Bertz CT molecular complexity index is 580. The normalized spacial score (nSPS) is 12.5. The van der Waals surface area contributed by atoms with Crippen molar-refractivity contribution in [1.29, 1.82) is 0 Å². The maximum Gasteiger partial charge on any atom is 0.170 e. The molecule has 0 amide bonds. The van der Waals surface area contributed by atoms with Gasteiger partial charge in [-0.1, -0.05) is 6.07 Å². The molecule has 1 aromatic carbocycles. The highest BCUT2D eigenvalue weighted by atomic mass is 19.1. The fraction of sp³-hybridized carbons (Fsp3) is 0.385. The van der Waals surface area contributed by atoms with E-state index in [1.54, 1.807) is 23.6 Å². The first kappa shape index (κ1) is 13.5. The van der Waals surface area contributed by atoms with E-state index >= 15 is 0 Å². The Hall–Kier alpha value is -1.95. The van der Waals surface area contributed by atoms with E-state index in [0.717, 1.165) is 11.4 Å². The molecule has 0 spiro atoms. The Kier molecular flexibility index (Phi) is 3.80. The molecule has 2 rings (SSSR count). The second-order valence-corrected chi connectivity index (χ2v) is 4.49. The van der Waals surface area contributed by atoms with Crippen molar-refractivity contribution in [2.24, 2.45) is 12.8 Å². The fourth-order valence-electron chi connectivity index (χ4n) is 1.64. The number of halogens is 1. The fourth-order valence-corrected chi connectivity index (χ4v) is 1.64. The van der Waals surface area contributed by atoms with Crippen molar-refractivity contribution in [3.63, 3.8) is 0 Å². The summed E-state index contributed by atoms with van der Waals surface area (Å²) < 4.78 is 21.0. The molecule has 5 nitrogen and oxygen atoms in total. The second-order valence-electron chi connectivity index (χ2n) is 4.49. The number of hydrogen-bond acceptors (Lipinski definition) is 4. The summed E-state index contributed by atoms with van der Waals surface area (Å²) in [6.45, 7) is 3.82. The largest absolute Gasteiger partial charge is 0.483 e. The SMILES string of the molecule is Cc1nnc(COc2ccc(C(C)N)cc2F)n1C. The van der Waals surface area contributed by atoms with Crippen LogP contribution < -0.4 is 10.5 Å². The van der Waals surface area contributed by atoms with E-state index in [2.05, 4.69) is 10.2 Å². The maximum atomic E-state index is 13.8. The van der Waals surface area contributed by atoms with Crippen LogP contribution in [0, 0.1) is 12.7 Å². The minimum absolute atomic E-state index is 0.172. The van der Waals surface area contributed by atoms with E-state index in [1.165, 1.54) is 6.07 Å². The third kappa shape index (κ3) is 2.90. The van der Waals surface area contributed by atoms with Gasteiger partial charge in [0.15, 0.2) is 17.4 Å². The van der Waals surface area contributed by atoms with Gasteiger partial charge in [0.25, 0.3) is 0 Å². The number of nitrogens with zero attached hydrogens (tertiary/aromatic N) is 3. The number of rotatable bonds is 4. The Labute approximate surface area is 111 Å². The van der Waals surface area contributed by atoms with Gasteiger partial charge in [0.1, 0.15) is 12.4 Å². The van der Waals surface area contributed by atoms with Crippen LogP contribution in [-0.4, -0.2) is 14.8 Å². The number of aromatic nitrogens is 3. The van der Waals surface area contributed by atoms with Crippen molar-refractivity contribution < 1.29 is 9.13 Å². The van der Waals surface area contributed by atoms with Crippen LogP contribution in [0.15, 0.2) is 18.2 Å². The Balaban J connectivity index is 2.10. The van der Waals surface area contributed by atoms with E-state index in [0.29, 0.717) is 5.82 Å². The third-order valence-electron chi connectivity index (χ3n) is 3.02. The van der Waals surface area contributed by atoms with Gasteiger partial charge >= 0.3 is 0 Å². The van der Waals surface area contributed by atoms with Crippen LogP contribution in [0.1, 0.15) is 30.2 Å². The first-order valence-corrected chi connectivity index (χ1v) is 6.01. The van der Waals surface area contributed by atoms with Crippen molar-refractivity contribution in [3.05, 3.63) is 41.2 Å². The van der Waals surface area contributed by atoms with E-state index < -0.39 is 5.82 Å². The van der Waals surface area contributed by atoms with Crippen LogP contribution in [0.25, 0.3) is 0 Å². The van der Waals surface area contributed by atoms with Gasteiger partial charge in [-0.15, -0.1) is 10.2 Å². The van der Waals surface area contributed by atoms with Gasteiger partial charge in [0.2, 0.25) is 0 Å². The van der Waals surface area contributed by atoms with Crippen LogP contribution in [0.5, 0.6) is 5.75 Å². The van der Waals surface area contributed by atoms with Crippen LogP contribution in [0.4, 0.5) is 4.39 Å². The van der Waals surface area contributed by atoms with Crippen molar-refractivity contribution >= 4 is 0 Å². The number of benzene rings is 1. The van der Waals surface area contributed by atoms with Crippen LogP contribution in [0.3, 0.4) is 0 Å². The van der Waals surface area contributed by atoms with E-state index in [1.807, 2.05) is 14.0 Å². The molecular weight excluding hydrogens is 247 g/mol. The van der Waals surface area contributed by atoms with Gasteiger partial charge in [0.05, 0.1) is 0 Å². The zero-order valence-electron chi connectivity index (χ0n) is 11.2. The van der Waals surface area contributed by atoms with Gasteiger partial charge in [0, 0.05) is 13.1 Å². The van der Waals surface area contributed by atoms with Gasteiger partial charge in [-0.2, -0.15) is 0 Å². The Morgan fingerprint density at radius 2 is 2.16 bits per heavy atom. The minimum Gasteiger partial charge on any atom is -0.483 e. The summed E-state index contributed by atoms with van der Waals surface area (Å²) in [6, 6.07) is 4.52. The van der Waals surface area contributed by atoms with Crippen molar-refractivity contribution in [1.82, 2.24) is 14.8 Å². The molecule has 102 valence electrons. The molecule has 0 radical (unpaired) electrons. The molecule has 0 fully saturated rings. The molecule has 6 heteroatoms. The molecule has 0 aliphatic carbocycles. The lowest BCUT2D eigenvalue weighted by Gasteiger charge is -2.10. The summed E-state index contributed by atoms with van der Waals surface area (Å²) in [5, 5.41) is 7.86. The topological polar surface area (TPSA) is 66.0 Å². The van der Waals surface area contributed by atoms with Gasteiger partial charge in [-0.05, 0) is 31.5 Å². The molecule has 2 N–H and O–H groups in total. The summed E-state index contributed by atoms with van der Waals surface area (Å²) in [5.74, 6) is 1.19. The van der Waals surface area contributed by atoms with E-state index in [4.69, 9.17) is 10.5 Å². The molecule has 0 bridgehead atoms. The summed E-state index contributed by atoms with van der Waals surface area (Å²) in [4.78, 5) is 0. The monoisotopic (exact) mass is 264 g/mol. The molecule has 0 saturated heterocycles. The third-order valence-corrected chi connectivity index (χ3v) is 3.02. The quantitative estimate of drug-likeness (QED) is 0.915. The summed E-state index contributed by atoms with van der Waals surface area (Å²) >= 11 is 0. The lowest BCUT2D eigenvalue weighted by Crippen LogP contribution is -2.07. The molecule has 0 aliphatic rings. The number of ether oxygens (including phenoxy) is 1. The average Bonchev–Trinajstić information content (AvgIpc) is 2.68. The first-order chi connectivity index (χ1) is 8.99. The molecular formula is C13H17FN4O. The molecule has 0 aliphatic heterocycles. The molecule has 1 atom stereocenters. The summed E-state index contributed by atoms with van der Waals surface area (Å²) in [6.07, 6.45) is 0. The maximum absolute atomic E-state index is 13.8. The minimum atomic E-state index is -0.423. The van der Waals surface area contributed by atoms with Crippen LogP contribution >= 0.6 is 0 Å². The Morgan fingerprint density at radius 3 is 2.68 bits per heavy atom. The first-order valence-electron chi connectivity index (χ1n) is 6.01. The molecule has 1 unspecified atom stereocenters. The highest BCUT2D eigenvalue weighted by molar-refractivity contribution is 5.30. The van der Waals surface area contributed by atoms with Crippen molar-refractivity contribution in [3.8, 4) is 5.75 Å². The highest BCUT2D eigenvalue weighted by Gasteiger charge is 2.10. The molecule has 19 heavy (non-hydrogen) atoms. The standard InChI is InChI=1S/C13H17FN4O/c1-8(15)10-4-5-12(11(14)6-10)19-7-13-17-16-9(2)18(13)3/h4-6,8H,7,15H2,1-3H3. The predicted molar refractivity (Wildman–Crippen MR) is 69.1 cm³/mol. The van der Waals surface area contributed by atoms with Gasteiger partial charge < -0.3 is 15.0 Å². The molecule has 1 aromatic heterocycles. The highest BCUT2D eigenvalue weighted by Crippen LogP contribution is 2.21. The summed E-state index contributed by atoms with van der Waals surface area (Å²) in [5.41, 5.74) is 6.43. The van der Waals surface area contributed by atoms with Gasteiger partial charge in [-0.25, -0.2) is 4.39 Å². The Morgan fingerprint density at radius 1 is 1.42 bits per heavy atom. The molecule has 1 heterocycles. The summed E-state index contributed by atoms with van der Waals surface area (Å²) in [7, 11) is 1.84. The smallest absolute Gasteiger partial charge is 0.170 e. The lowest BCUT2D eigenvalue weighted by atomic mass is 10.1. The zero-order chi connectivity index (χ0) is 14.0. The van der Waals surface area contributed by atoms with Crippen molar-refractivity contribution in [2.45, 2.75) is 26.5 Å². The average molecular weight is 264 g/mol. The van der Waals surface area contributed by atoms with E-state index in [-0.39, 0.29) is 18.4 Å². The lowest BCUT2D eigenvalue weighted by molar-refractivity contribution is 0.276. The number of nitrogens with two attached hydrogens (primary N) is 1. The van der Waals surface area contributed by atoms with Crippen molar-refractivity contribution in [2.75, 3.05) is 0 Å². The second kappa shape index (κ2) is 5.36. The van der Waals surface area contributed by atoms with Gasteiger partial charge in [-0.3, -0.25) is 0 Å². The number of hydrogen-bond donors (Lipinski definition) is 1. The van der Waals surface area contributed by atoms with Crippen LogP contribution in [-0.2, 0) is 13.7 Å². The molecule has 0 saturated carbocycles. The zero-order valence-corrected chi connectivity index (χ0v) is 11.2. The molecule has 2 aromatic rings.